The Hall–Kier alpha value is -1.46. The summed E-state index contributed by atoms with van der Waals surface area (Å²) in [4.78, 5) is 14.5. The fraction of sp³-hybridized carbons (Fsp3) is 0.611. The number of hydrogen-bond donors (Lipinski definition) is 1. The minimum Gasteiger partial charge on any atom is -0.381 e. The van der Waals surface area contributed by atoms with Crippen molar-refractivity contribution < 1.29 is 13.9 Å². The highest BCUT2D eigenvalue weighted by Crippen LogP contribution is 2.36. The van der Waals surface area contributed by atoms with Gasteiger partial charge in [0.25, 0.3) is 0 Å². The number of benzene rings is 1. The Morgan fingerprint density at radius 1 is 1.26 bits per heavy atom. The first-order chi connectivity index (χ1) is 11.2. The van der Waals surface area contributed by atoms with Crippen molar-refractivity contribution in [3.05, 3.63) is 35.6 Å². The maximum atomic E-state index is 12.8. The van der Waals surface area contributed by atoms with Crippen LogP contribution in [0.4, 0.5) is 4.39 Å². The second kappa shape index (κ2) is 7.41. The zero-order valence-corrected chi connectivity index (χ0v) is 13.6. The van der Waals surface area contributed by atoms with Crippen molar-refractivity contribution in [1.29, 1.82) is 0 Å². The Kier molecular flexibility index (Phi) is 5.28. The van der Waals surface area contributed by atoms with Crippen LogP contribution in [-0.2, 0) is 16.0 Å². The van der Waals surface area contributed by atoms with Crippen LogP contribution in [0.25, 0.3) is 0 Å². The van der Waals surface area contributed by atoms with E-state index in [0.29, 0.717) is 31.3 Å². The summed E-state index contributed by atoms with van der Waals surface area (Å²) in [5.41, 5.74) is 1.03. The van der Waals surface area contributed by atoms with Crippen LogP contribution in [0.15, 0.2) is 24.3 Å². The maximum absolute atomic E-state index is 12.8. The lowest BCUT2D eigenvalue weighted by molar-refractivity contribution is -0.124. The second-order valence-electron chi connectivity index (χ2n) is 6.61. The molecule has 1 N–H and O–H groups in total. The third-order valence-electron chi connectivity index (χ3n) is 5.15. The predicted molar refractivity (Wildman–Crippen MR) is 86.7 cm³/mol. The van der Waals surface area contributed by atoms with Crippen molar-refractivity contribution in [1.82, 2.24) is 10.2 Å². The zero-order chi connectivity index (χ0) is 16.2. The van der Waals surface area contributed by atoms with Gasteiger partial charge in [0.2, 0.25) is 5.91 Å². The molecule has 23 heavy (non-hydrogen) atoms. The molecule has 2 saturated heterocycles. The molecule has 3 rings (SSSR count). The summed E-state index contributed by atoms with van der Waals surface area (Å²) in [6, 6.07) is 7.40. The molecule has 2 aliphatic rings. The normalized spacial score (nSPS) is 27.1. The highest BCUT2D eigenvalue weighted by molar-refractivity contribution is 5.78. The van der Waals surface area contributed by atoms with Gasteiger partial charge in [-0.15, -0.1) is 0 Å². The number of nitrogens with zero attached hydrogens (tertiary/aromatic N) is 1. The van der Waals surface area contributed by atoms with Crippen molar-refractivity contribution in [3.8, 4) is 0 Å². The summed E-state index contributed by atoms with van der Waals surface area (Å²) in [6.07, 6.45) is 5.50. The molecular weight excluding hydrogens is 295 g/mol. The Morgan fingerprint density at radius 3 is 2.52 bits per heavy atom. The van der Waals surface area contributed by atoms with Crippen molar-refractivity contribution in [2.75, 3.05) is 20.2 Å². The third kappa shape index (κ3) is 4.09. The number of ether oxygens (including phenoxy) is 1. The molecule has 0 aliphatic carbocycles. The molecule has 0 aromatic heterocycles. The van der Waals surface area contributed by atoms with Gasteiger partial charge < -0.3 is 10.1 Å². The molecule has 2 heterocycles. The van der Waals surface area contributed by atoms with Gasteiger partial charge >= 0.3 is 0 Å². The van der Waals surface area contributed by atoms with Gasteiger partial charge in [0, 0.05) is 25.7 Å². The maximum Gasteiger partial charge on any atom is 0.234 e. The molecule has 1 aromatic carbocycles. The first kappa shape index (κ1) is 16.4. The number of halogens is 1. The number of fused-ring (bicyclic) bond motifs is 2. The SMILES string of the molecule is COC1C[C@H]2CC[C@@H](C1)N2CC(=O)NCCc1ccc(F)cc1. The van der Waals surface area contributed by atoms with Crippen LogP contribution in [0.2, 0.25) is 0 Å². The number of hydrogen-bond acceptors (Lipinski definition) is 3. The molecule has 3 atom stereocenters. The Balaban J connectivity index is 1.42. The summed E-state index contributed by atoms with van der Waals surface area (Å²) >= 11 is 0. The fourth-order valence-electron chi connectivity index (χ4n) is 3.89. The Morgan fingerprint density at radius 2 is 1.91 bits per heavy atom. The number of methoxy groups -OCH3 is 1. The van der Waals surface area contributed by atoms with Gasteiger partial charge in [-0.25, -0.2) is 4.39 Å². The van der Waals surface area contributed by atoms with E-state index in [4.69, 9.17) is 4.74 Å². The van der Waals surface area contributed by atoms with E-state index in [1.54, 1.807) is 19.2 Å². The van der Waals surface area contributed by atoms with Crippen LogP contribution in [0.3, 0.4) is 0 Å². The van der Waals surface area contributed by atoms with Gasteiger partial charge in [-0.1, -0.05) is 12.1 Å². The van der Waals surface area contributed by atoms with Crippen LogP contribution in [0.5, 0.6) is 0 Å². The summed E-state index contributed by atoms with van der Waals surface area (Å²) < 4.78 is 18.3. The van der Waals surface area contributed by atoms with Crippen LogP contribution in [-0.4, -0.2) is 49.2 Å². The number of piperidine rings is 1. The van der Waals surface area contributed by atoms with E-state index >= 15 is 0 Å². The smallest absolute Gasteiger partial charge is 0.234 e. The average molecular weight is 320 g/mol. The molecule has 0 radical (unpaired) electrons. The number of carbonyl (C=O) groups is 1. The lowest BCUT2D eigenvalue weighted by Crippen LogP contribution is -2.49. The van der Waals surface area contributed by atoms with Gasteiger partial charge in [0.15, 0.2) is 0 Å². The van der Waals surface area contributed by atoms with Crippen LogP contribution in [0.1, 0.15) is 31.2 Å². The molecule has 0 saturated carbocycles. The topological polar surface area (TPSA) is 41.6 Å². The molecule has 2 bridgehead atoms. The highest BCUT2D eigenvalue weighted by atomic mass is 19.1. The largest absolute Gasteiger partial charge is 0.381 e. The standard InChI is InChI=1S/C18H25FN2O2/c1-23-17-10-15-6-7-16(11-17)21(15)12-18(22)20-9-8-13-2-4-14(19)5-3-13/h2-5,15-17H,6-12H2,1H3,(H,20,22)/t15-,16+,17?. The molecule has 126 valence electrons. The number of carbonyl (C=O) groups excluding carboxylic acids is 1. The molecule has 2 aliphatic heterocycles. The van der Waals surface area contributed by atoms with E-state index in [1.807, 2.05) is 0 Å². The van der Waals surface area contributed by atoms with Gasteiger partial charge in [0.1, 0.15) is 5.82 Å². The first-order valence-electron chi connectivity index (χ1n) is 8.45. The molecule has 1 unspecified atom stereocenters. The van der Waals surface area contributed by atoms with Crippen LogP contribution in [0, 0.1) is 5.82 Å². The van der Waals surface area contributed by atoms with Crippen molar-refractivity contribution in [2.45, 2.75) is 50.3 Å². The molecular formula is C18H25FN2O2. The number of amides is 1. The van der Waals surface area contributed by atoms with Gasteiger partial charge in [0.05, 0.1) is 12.6 Å². The van der Waals surface area contributed by atoms with E-state index in [1.165, 1.54) is 25.0 Å². The third-order valence-corrected chi connectivity index (χ3v) is 5.15. The Labute approximate surface area is 137 Å². The van der Waals surface area contributed by atoms with Crippen molar-refractivity contribution in [3.63, 3.8) is 0 Å². The van der Waals surface area contributed by atoms with Crippen LogP contribution >= 0.6 is 0 Å². The average Bonchev–Trinajstić information content (AvgIpc) is 2.79. The quantitative estimate of drug-likeness (QED) is 0.873. The van der Waals surface area contributed by atoms with E-state index in [2.05, 4.69) is 10.2 Å². The summed E-state index contributed by atoms with van der Waals surface area (Å²) in [6.45, 7) is 1.07. The van der Waals surface area contributed by atoms with E-state index in [0.717, 1.165) is 24.8 Å². The second-order valence-corrected chi connectivity index (χ2v) is 6.61. The zero-order valence-electron chi connectivity index (χ0n) is 13.6. The lowest BCUT2D eigenvalue weighted by atomic mass is 10.00. The number of nitrogens with one attached hydrogen (secondary N) is 1. The Bertz CT molecular complexity index is 520. The lowest BCUT2D eigenvalue weighted by Gasteiger charge is -2.37. The van der Waals surface area contributed by atoms with E-state index in [-0.39, 0.29) is 11.7 Å². The highest BCUT2D eigenvalue weighted by Gasteiger charge is 2.41. The van der Waals surface area contributed by atoms with Gasteiger partial charge in [-0.2, -0.15) is 0 Å². The van der Waals surface area contributed by atoms with E-state index < -0.39 is 0 Å². The molecule has 2 fully saturated rings. The van der Waals surface area contributed by atoms with Crippen LogP contribution < -0.4 is 5.32 Å². The molecule has 1 aromatic rings. The monoisotopic (exact) mass is 320 g/mol. The molecule has 1 amide bonds. The van der Waals surface area contributed by atoms with Gasteiger partial charge in [-0.3, -0.25) is 9.69 Å². The molecule has 5 heteroatoms. The van der Waals surface area contributed by atoms with Crippen molar-refractivity contribution in [2.24, 2.45) is 0 Å². The number of rotatable bonds is 6. The fourth-order valence-corrected chi connectivity index (χ4v) is 3.89. The minimum absolute atomic E-state index is 0.0832. The van der Waals surface area contributed by atoms with Crippen molar-refractivity contribution >= 4 is 5.91 Å². The van der Waals surface area contributed by atoms with E-state index in [9.17, 15) is 9.18 Å². The summed E-state index contributed by atoms with van der Waals surface area (Å²) in [5, 5.41) is 2.98. The summed E-state index contributed by atoms with van der Waals surface area (Å²) in [7, 11) is 1.78. The first-order valence-corrected chi connectivity index (χ1v) is 8.45. The summed E-state index contributed by atoms with van der Waals surface area (Å²) in [5.74, 6) is -0.146. The minimum atomic E-state index is -0.229. The predicted octanol–water partition coefficient (Wildman–Crippen LogP) is 2.13. The van der Waals surface area contributed by atoms with Gasteiger partial charge in [-0.05, 0) is 49.8 Å². The molecule has 0 spiro atoms. The molecule has 4 nitrogen and oxygen atoms in total.